The predicted octanol–water partition coefficient (Wildman–Crippen LogP) is 3.93. The Morgan fingerprint density at radius 1 is 1.16 bits per heavy atom. The summed E-state index contributed by atoms with van der Waals surface area (Å²) in [4.78, 5) is 38.4. The van der Waals surface area contributed by atoms with Crippen LogP contribution in [-0.4, -0.2) is 80.9 Å². The third-order valence-electron chi connectivity index (χ3n) is 7.54. The molecular weight excluding hydrogens is 643 g/mol. The normalized spacial score (nSPS) is 19.7. The van der Waals surface area contributed by atoms with Crippen LogP contribution in [0.15, 0.2) is 51.2 Å². The number of aromatic nitrogens is 1. The zero-order valence-electron chi connectivity index (χ0n) is 24.3. The lowest BCUT2D eigenvalue weighted by atomic mass is 9.85. The number of halogens is 3. The second-order valence-electron chi connectivity index (χ2n) is 10.5. The Balaban J connectivity index is 1.64. The van der Waals surface area contributed by atoms with Crippen molar-refractivity contribution in [2.24, 2.45) is 0 Å². The molecule has 4 rings (SSSR count). The highest BCUT2D eigenvalue weighted by molar-refractivity contribution is 7.91. The molecule has 2 aromatic heterocycles. The van der Waals surface area contributed by atoms with Crippen LogP contribution in [0.4, 0.5) is 13.2 Å². The highest BCUT2D eigenvalue weighted by atomic mass is 32.2. The molecule has 0 bridgehead atoms. The fraction of sp³-hybridized carbons (Fsp3) is 0.429. The van der Waals surface area contributed by atoms with Crippen LogP contribution in [0.3, 0.4) is 0 Å². The van der Waals surface area contributed by atoms with Gasteiger partial charge in [0.15, 0.2) is 0 Å². The molecule has 1 saturated carbocycles. The molecule has 12 nitrogen and oxygen atoms in total. The SMILES string of the molecule is COCCN(C)C(=O)c1ccc([C@]2(CCCOC(C)=O)C[C@]2(NS(=O)(=O)c2ccc(-c3cc(C(F)(F)F)on3)s2)C(=O)O)cc1. The second-order valence-corrected chi connectivity index (χ2v) is 13.5. The third kappa shape index (κ3) is 7.05. The number of carboxylic acids is 1. The van der Waals surface area contributed by atoms with E-state index in [2.05, 4.69) is 14.4 Å². The van der Waals surface area contributed by atoms with Gasteiger partial charge in [-0.05, 0) is 49.1 Å². The average Bonchev–Trinajstić information content (AvgIpc) is 3.35. The zero-order chi connectivity index (χ0) is 33.2. The summed E-state index contributed by atoms with van der Waals surface area (Å²) in [6.45, 7) is 1.85. The number of aliphatic carboxylic acids is 1. The van der Waals surface area contributed by atoms with E-state index in [1.165, 1.54) is 37.1 Å². The molecule has 1 fully saturated rings. The van der Waals surface area contributed by atoms with Gasteiger partial charge in [-0.3, -0.25) is 14.4 Å². The molecule has 0 spiro atoms. The van der Waals surface area contributed by atoms with Crippen molar-refractivity contribution in [2.75, 3.05) is 33.9 Å². The van der Waals surface area contributed by atoms with Gasteiger partial charge in [-0.15, -0.1) is 11.3 Å². The van der Waals surface area contributed by atoms with Crippen LogP contribution in [0.2, 0.25) is 0 Å². The Bertz CT molecular complexity index is 1670. The summed E-state index contributed by atoms with van der Waals surface area (Å²) in [6.07, 6.45) is -4.65. The lowest BCUT2D eigenvalue weighted by Crippen LogP contribution is -2.48. The van der Waals surface area contributed by atoms with Crippen LogP contribution in [0.5, 0.6) is 0 Å². The number of alkyl halides is 3. The summed E-state index contributed by atoms with van der Waals surface area (Å²) < 4.78 is 82.2. The Hall–Kier alpha value is -3.80. The number of nitrogens with zero attached hydrogens (tertiary/aromatic N) is 2. The monoisotopic (exact) mass is 673 g/mol. The molecule has 1 aromatic carbocycles. The Morgan fingerprint density at radius 3 is 2.42 bits per heavy atom. The molecule has 3 aromatic rings. The molecule has 0 saturated heterocycles. The number of likely N-dealkylation sites (N-methyl/N-ethyl adjacent to an activating group) is 1. The molecule has 2 atom stereocenters. The van der Waals surface area contributed by atoms with Crippen molar-refractivity contribution in [3.8, 4) is 10.6 Å². The van der Waals surface area contributed by atoms with E-state index >= 15 is 0 Å². The number of esters is 1. The van der Waals surface area contributed by atoms with Gasteiger partial charge in [0.25, 0.3) is 15.9 Å². The molecular formula is C28H30F3N3O9S2. The van der Waals surface area contributed by atoms with Gasteiger partial charge >= 0.3 is 18.1 Å². The van der Waals surface area contributed by atoms with Crippen LogP contribution in [0.1, 0.15) is 47.9 Å². The summed E-state index contributed by atoms with van der Waals surface area (Å²) in [7, 11) is -1.42. The van der Waals surface area contributed by atoms with E-state index in [1.54, 1.807) is 19.2 Å². The van der Waals surface area contributed by atoms with Gasteiger partial charge in [0.2, 0.25) is 5.76 Å². The fourth-order valence-corrected chi connectivity index (χ4v) is 7.82. The standard InChI is InChI=1S/C28H30F3N3O9S2/c1-17(35)42-13-4-11-26(19-7-5-18(6-8-19)24(36)34(2)12-14-41-3)16-27(26,25(37)38)33-45(39,40)23-10-9-21(44-23)20-15-22(43-32-20)28(29,30)31/h5-10,15,33H,4,11-14,16H2,1-3H3,(H,37,38)/t26-,27-/m0/s1. The van der Waals surface area contributed by atoms with E-state index in [1.807, 2.05) is 0 Å². The number of carboxylic acid groups (broad SMARTS) is 1. The van der Waals surface area contributed by atoms with E-state index in [-0.39, 0.29) is 46.6 Å². The van der Waals surface area contributed by atoms with Crippen LogP contribution in [0.25, 0.3) is 10.6 Å². The molecule has 2 heterocycles. The van der Waals surface area contributed by atoms with Gasteiger partial charge in [-0.25, -0.2) is 8.42 Å². The van der Waals surface area contributed by atoms with Gasteiger partial charge in [0.05, 0.1) is 18.1 Å². The van der Waals surface area contributed by atoms with Gasteiger partial charge in [-0.2, -0.15) is 17.9 Å². The summed E-state index contributed by atoms with van der Waals surface area (Å²) >= 11 is 0.589. The Morgan fingerprint density at radius 2 is 1.84 bits per heavy atom. The lowest BCUT2D eigenvalue weighted by Gasteiger charge is -2.25. The first-order chi connectivity index (χ1) is 21.1. The van der Waals surface area contributed by atoms with E-state index in [4.69, 9.17) is 9.47 Å². The van der Waals surface area contributed by atoms with Crippen molar-refractivity contribution < 1.29 is 55.1 Å². The fourth-order valence-electron chi connectivity index (χ4n) is 5.14. The number of rotatable bonds is 14. The van der Waals surface area contributed by atoms with Crippen LogP contribution >= 0.6 is 11.3 Å². The number of ether oxygens (including phenoxy) is 2. The lowest BCUT2D eigenvalue weighted by molar-refractivity contribution is -0.155. The topological polar surface area (TPSA) is 165 Å². The van der Waals surface area contributed by atoms with Gasteiger partial charge < -0.3 is 24.0 Å². The van der Waals surface area contributed by atoms with E-state index in [0.717, 1.165) is 6.07 Å². The number of carbonyl (C=O) groups excluding carboxylic acids is 2. The quantitative estimate of drug-likeness (QED) is 0.189. The third-order valence-corrected chi connectivity index (χ3v) is 10.6. The number of benzene rings is 1. The maximum atomic E-state index is 13.5. The maximum absolute atomic E-state index is 13.5. The zero-order valence-corrected chi connectivity index (χ0v) is 26.0. The number of nitrogens with one attached hydrogen (secondary N) is 1. The smallest absolute Gasteiger partial charge is 0.452 e. The predicted molar refractivity (Wildman–Crippen MR) is 153 cm³/mol. The molecule has 0 unspecified atom stereocenters. The molecule has 244 valence electrons. The molecule has 0 radical (unpaired) electrons. The van der Waals surface area contributed by atoms with Crippen molar-refractivity contribution in [3.63, 3.8) is 0 Å². The minimum atomic E-state index is -4.79. The van der Waals surface area contributed by atoms with Crippen LogP contribution in [-0.2, 0) is 40.7 Å². The van der Waals surface area contributed by atoms with E-state index in [0.29, 0.717) is 41.7 Å². The largest absolute Gasteiger partial charge is 0.480 e. The highest BCUT2D eigenvalue weighted by Crippen LogP contribution is 2.61. The van der Waals surface area contributed by atoms with E-state index in [9.17, 15) is 41.1 Å². The minimum Gasteiger partial charge on any atom is -0.480 e. The molecule has 1 aliphatic carbocycles. The molecule has 17 heteroatoms. The maximum Gasteiger partial charge on any atom is 0.452 e. The molecule has 0 aliphatic heterocycles. The molecule has 1 aliphatic rings. The average molecular weight is 674 g/mol. The van der Waals surface area contributed by atoms with Crippen molar-refractivity contribution >= 4 is 39.2 Å². The number of hydrogen-bond donors (Lipinski definition) is 2. The van der Waals surface area contributed by atoms with Gasteiger partial charge in [0, 0.05) is 44.7 Å². The number of hydrogen-bond acceptors (Lipinski definition) is 10. The summed E-state index contributed by atoms with van der Waals surface area (Å²) in [5.74, 6) is -3.65. The van der Waals surface area contributed by atoms with Crippen molar-refractivity contribution in [1.82, 2.24) is 14.8 Å². The Labute approximate surface area is 260 Å². The molecule has 45 heavy (non-hydrogen) atoms. The number of amides is 1. The second kappa shape index (κ2) is 12.9. The summed E-state index contributed by atoms with van der Waals surface area (Å²) in [5, 5.41) is 13.8. The summed E-state index contributed by atoms with van der Waals surface area (Å²) in [5.41, 5.74) is -2.79. The number of carbonyl (C=O) groups is 3. The van der Waals surface area contributed by atoms with Crippen LogP contribution < -0.4 is 4.72 Å². The first-order valence-corrected chi connectivity index (χ1v) is 15.8. The number of sulfonamides is 1. The number of methoxy groups -OCH3 is 1. The molecule has 2 N–H and O–H groups in total. The number of thiophene rings is 1. The Kier molecular flexibility index (Phi) is 9.77. The summed E-state index contributed by atoms with van der Waals surface area (Å²) in [6, 6.07) is 9.17. The van der Waals surface area contributed by atoms with Gasteiger partial charge in [0.1, 0.15) is 15.4 Å². The highest BCUT2D eigenvalue weighted by Gasteiger charge is 2.74. The first-order valence-electron chi connectivity index (χ1n) is 13.5. The first kappa shape index (κ1) is 34.1. The van der Waals surface area contributed by atoms with Crippen molar-refractivity contribution in [3.05, 3.63) is 59.4 Å². The molecule has 1 amide bonds. The van der Waals surface area contributed by atoms with Crippen LogP contribution in [0, 0.1) is 0 Å². The minimum absolute atomic E-state index is 0.0354. The van der Waals surface area contributed by atoms with E-state index < -0.39 is 44.9 Å². The van der Waals surface area contributed by atoms with Gasteiger partial charge in [-0.1, -0.05) is 17.3 Å². The van der Waals surface area contributed by atoms with Crippen molar-refractivity contribution in [2.45, 2.75) is 47.5 Å². The van der Waals surface area contributed by atoms with Crippen molar-refractivity contribution in [1.29, 1.82) is 0 Å².